The van der Waals surface area contributed by atoms with E-state index >= 15 is 0 Å². The predicted molar refractivity (Wildman–Crippen MR) is 149 cm³/mol. The normalized spacial score (nSPS) is 24.4. The van der Waals surface area contributed by atoms with Gasteiger partial charge in [-0.2, -0.15) is 0 Å². The van der Waals surface area contributed by atoms with Crippen LogP contribution in [0.15, 0.2) is 61.2 Å². The maximum Gasteiger partial charge on any atom is 0.264 e. The third-order valence-corrected chi connectivity index (χ3v) is 8.18. The van der Waals surface area contributed by atoms with Gasteiger partial charge in [-0.25, -0.2) is 0 Å². The van der Waals surface area contributed by atoms with Crippen LogP contribution in [0.25, 0.3) is 0 Å². The molecule has 2 aromatic rings. The molecule has 1 spiro atoms. The second kappa shape index (κ2) is 11.3. The van der Waals surface area contributed by atoms with Crippen molar-refractivity contribution < 1.29 is 24.2 Å². The van der Waals surface area contributed by atoms with Crippen LogP contribution < -0.4 is 9.80 Å². The Morgan fingerprint density at radius 2 is 2.00 bits per heavy atom. The molecular formula is C31H37N3O5. The first-order valence-corrected chi connectivity index (χ1v) is 13.9. The number of aliphatic hydroxyl groups is 1. The van der Waals surface area contributed by atoms with E-state index in [1.54, 1.807) is 20.8 Å². The molecule has 0 aliphatic carbocycles. The van der Waals surface area contributed by atoms with Gasteiger partial charge < -0.3 is 24.5 Å². The summed E-state index contributed by atoms with van der Waals surface area (Å²) in [4.78, 5) is 45.2. The maximum atomic E-state index is 14.0. The first kappa shape index (κ1) is 27.1. The summed E-state index contributed by atoms with van der Waals surface area (Å²) in [6.07, 6.45) is 4.26. The molecule has 0 aromatic heterocycles. The van der Waals surface area contributed by atoms with Crippen molar-refractivity contribution in [3.8, 4) is 0 Å². The Morgan fingerprint density at radius 3 is 2.72 bits per heavy atom. The number of hydrogen-bond acceptors (Lipinski definition) is 5. The van der Waals surface area contributed by atoms with E-state index in [4.69, 9.17) is 4.74 Å². The van der Waals surface area contributed by atoms with E-state index in [0.29, 0.717) is 32.5 Å². The highest BCUT2D eigenvalue weighted by molar-refractivity contribution is 6.08. The van der Waals surface area contributed by atoms with Crippen molar-refractivity contribution >= 4 is 29.1 Å². The van der Waals surface area contributed by atoms with E-state index in [1.807, 2.05) is 55.5 Å². The molecule has 3 atom stereocenters. The van der Waals surface area contributed by atoms with Gasteiger partial charge in [0, 0.05) is 49.8 Å². The van der Waals surface area contributed by atoms with Gasteiger partial charge in [0.1, 0.15) is 0 Å². The van der Waals surface area contributed by atoms with Gasteiger partial charge in [0.15, 0.2) is 5.60 Å². The second-order valence-corrected chi connectivity index (χ2v) is 10.7. The monoisotopic (exact) mass is 531 g/mol. The zero-order chi connectivity index (χ0) is 27.6. The fourth-order valence-electron chi connectivity index (χ4n) is 6.28. The molecule has 3 aliphatic rings. The van der Waals surface area contributed by atoms with Gasteiger partial charge in [-0.15, -0.1) is 6.58 Å². The van der Waals surface area contributed by atoms with Gasteiger partial charge in [0.05, 0.1) is 24.8 Å². The second-order valence-electron chi connectivity index (χ2n) is 10.7. The van der Waals surface area contributed by atoms with Gasteiger partial charge in [-0.05, 0) is 43.0 Å². The van der Waals surface area contributed by atoms with Gasteiger partial charge >= 0.3 is 0 Å². The largest absolute Gasteiger partial charge is 0.395 e. The van der Waals surface area contributed by atoms with Crippen LogP contribution >= 0.6 is 0 Å². The SMILES string of the molecule is C=CCN1C(=O)[C@]2(O[C@H](CC(=O)N(CCO)Cc3ccccc3)C[C@@H]2C)c2cc(N3CCCCC3=O)ccc21. The molecule has 206 valence electrons. The lowest BCUT2D eigenvalue weighted by molar-refractivity contribution is -0.149. The van der Waals surface area contributed by atoms with E-state index in [9.17, 15) is 19.5 Å². The van der Waals surface area contributed by atoms with Crippen LogP contribution in [0.2, 0.25) is 0 Å². The van der Waals surface area contributed by atoms with Crippen LogP contribution in [0.1, 0.15) is 50.2 Å². The summed E-state index contributed by atoms with van der Waals surface area (Å²) in [6, 6.07) is 15.4. The highest BCUT2D eigenvalue weighted by Gasteiger charge is 2.60. The van der Waals surface area contributed by atoms with Crippen molar-refractivity contribution in [3.63, 3.8) is 0 Å². The molecule has 3 aliphatic heterocycles. The maximum absolute atomic E-state index is 14.0. The molecule has 0 unspecified atom stereocenters. The number of anilines is 2. The number of aliphatic hydroxyl groups excluding tert-OH is 1. The lowest BCUT2D eigenvalue weighted by atomic mass is 9.82. The molecule has 2 aromatic carbocycles. The average molecular weight is 532 g/mol. The summed E-state index contributed by atoms with van der Waals surface area (Å²) < 4.78 is 6.62. The molecule has 0 radical (unpaired) electrons. The van der Waals surface area contributed by atoms with E-state index in [1.165, 1.54) is 0 Å². The number of carbonyl (C=O) groups excluding carboxylic acids is 3. The smallest absolute Gasteiger partial charge is 0.264 e. The number of fused-ring (bicyclic) bond motifs is 2. The number of ether oxygens (including phenoxy) is 1. The first-order valence-electron chi connectivity index (χ1n) is 13.9. The lowest BCUT2D eigenvalue weighted by Gasteiger charge is -2.30. The van der Waals surface area contributed by atoms with Crippen molar-refractivity contribution in [2.75, 3.05) is 36.0 Å². The van der Waals surface area contributed by atoms with Crippen LogP contribution in [-0.2, 0) is 31.3 Å². The molecule has 1 N–H and O–H groups in total. The Labute approximate surface area is 229 Å². The minimum Gasteiger partial charge on any atom is -0.395 e. The quantitative estimate of drug-likeness (QED) is 0.498. The standard InChI is InChI=1S/C31H37N3O5/c1-3-14-34-27-13-12-24(33-15-8-7-11-28(33)36)19-26(27)31(30(34)38)22(2)18-25(39-31)20-29(37)32(16-17-35)21-23-9-5-4-6-10-23/h3-6,9-10,12-13,19,22,25,35H,1,7-8,11,14-18,20-21H2,2H3/t22-,25-,31+/m0/s1. The van der Waals surface area contributed by atoms with Crippen LogP contribution in [0.4, 0.5) is 11.4 Å². The molecule has 3 amide bonds. The van der Waals surface area contributed by atoms with Crippen molar-refractivity contribution in [2.24, 2.45) is 5.92 Å². The average Bonchev–Trinajstić information content (AvgIpc) is 3.38. The minimum atomic E-state index is -1.22. The fourth-order valence-corrected chi connectivity index (χ4v) is 6.28. The van der Waals surface area contributed by atoms with E-state index in [0.717, 1.165) is 35.3 Å². The molecule has 0 saturated carbocycles. The zero-order valence-corrected chi connectivity index (χ0v) is 22.6. The third kappa shape index (κ3) is 4.99. The lowest BCUT2D eigenvalue weighted by Crippen LogP contribution is -2.44. The Bertz CT molecular complexity index is 1250. The highest BCUT2D eigenvalue weighted by Crippen LogP contribution is 2.54. The van der Waals surface area contributed by atoms with Crippen LogP contribution in [0, 0.1) is 5.92 Å². The summed E-state index contributed by atoms with van der Waals surface area (Å²) in [7, 11) is 0. The number of rotatable bonds is 9. The third-order valence-electron chi connectivity index (χ3n) is 8.18. The topological polar surface area (TPSA) is 90.4 Å². The number of nitrogens with zero attached hydrogens (tertiary/aromatic N) is 3. The summed E-state index contributed by atoms with van der Waals surface area (Å²) in [6.45, 7) is 7.32. The van der Waals surface area contributed by atoms with E-state index < -0.39 is 11.7 Å². The van der Waals surface area contributed by atoms with Crippen LogP contribution in [-0.4, -0.2) is 60.1 Å². The van der Waals surface area contributed by atoms with Crippen LogP contribution in [0.5, 0.6) is 0 Å². The molecule has 3 heterocycles. The van der Waals surface area contributed by atoms with Crippen molar-refractivity contribution in [2.45, 2.75) is 57.3 Å². The summed E-state index contributed by atoms with van der Waals surface area (Å²) in [5.74, 6) is -0.361. The molecule has 5 rings (SSSR count). The Hall–Kier alpha value is -3.49. The first-order chi connectivity index (χ1) is 18.9. The minimum absolute atomic E-state index is 0.0915. The Morgan fingerprint density at radius 1 is 1.21 bits per heavy atom. The molecule has 2 saturated heterocycles. The highest BCUT2D eigenvalue weighted by atomic mass is 16.5. The predicted octanol–water partition coefficient (Wildman–Crippen LogP) is 3.77. The fraction of sp³-hybridized carbons (Fsp3) is 0.452. The number of benzene rings is 2. The van der Waals surface area contributed by atoms with Gasteiger partial charge in [-0.3, -0.25) is 14.4 Å². The van der Waals surface area contributed by atoms with Crippen LogP contribution in [0.3, 0.4) is 0 Å². The summed E-state index contributed by atoms with van der Waals surface area (Å²) in [5, 5.41) is 9.60. The zero-order valence-electron chi connectivity index (χ0n) is 22.6. The molecule has 0 bridgehead atoms. The van der Waals surface area contributed by atoms with Crippen molar-refractivity contribution in [3.05, 3.63) is 72.3 Å². The molecule has 39 heavy (non-hydrogen) atoms. The van der Waals surface area contributed by atoms with E-state index in [2.05, 4.69) is 6.58 Å². The number of amides is 3. The molecule has 2 fully saturated rings. The van der Waals surface area contributed by atoms with Gasteiger partial charge in [-0.1, -0.05) is 43.3 Å². The molecule has 8 heteroatoms. The van der Waals surface area contributed by atoms with Crippen molar-refractivity contribution in [1.29, 1.82) is 0 Å². The Kier molecular flexibility index (Phi) is 7.86. The number of carbonyl (C=O) groups is 3. The van der Waals surface area contributed by atoms with Gasteiger partial charge in [0.2, 0.25) is 11.8 Å². The molecule has 8 nitrogen and oxygen atoms in total. The summed E-state index contributed by atoms with van der Waals surface area (Å²) >= 11 is 0. The van der Waals surface area contributed by atoms with Crippen molar-refractivity contribution in [1.82, 2.24) is 4.90 Å². The number of piperidine rings is 1. The Balaban J connectivity index is 1.42. The molecular weight excluding hydrogens is 494 g/mol. The van der Waals surface area contributed by atoms with E-state index in [-0.39, 0.29) is 43.2 Å². The van der Waals surface area contributed by atoms with Gasteiger partial charge in [0.25, 0.3) is 5.91 Å². The summed E-state index contributed by atoms with van der Waals surface area (Å²) in [5.41, 5.74) is 2.05. The number of hydrogen-bond donors (Lipinski definition) is 1.